The predicted molar refractivity (Wildman–Crippen MR) is 62.7 cm³/mol. The molecule has 0 saturated carbocycles. The maximum absolute atomic E-state index is 13.2. The van der Waals surface area contributed by atoms with Crippen molar-refractivity contribution < 1.29 is 18.0 Å². The number of anilines is 1. The maximum Gasteiger partial charge on any atom is 0.238 e. The van der Waals surface area contributed by atoms with Gasteiger partial charge >= 0.3 is 0 Å². The van der Waals surface area contributed by atoms with E-state index in [9.17, 15) is 18.0 Å². The van der Waals surface area contributed by atoms with Gasteiger partial charge in [0.05, 0.1) is 12.2 Å². The zero-order valence-corrected chi connectivity index (χ0v) is 10.2. The summed E-state index contributed by atoms with van der Waals surface area (Å²) in [6.07, 6.45) is 0.840. The van der Waals surface area contributed by atoms with Crippen LogP contribution >= 0.6 is 0 Å². The summed E-state index contributed by atoms with van der Waals surface area (Å²) in [6.45, 7) is 3.82. The summed E-state index contributed by atoms with van der Waals surface area (Å²) in [5.41, 5.74) is -0.371. The smallest absolute Gasteiger partial charge is 0.238 e. The number of nitrogens with one attached hydrogen (secondary N) is 2. The van der Waals surface area contributed by atoms with Gasteiger partial charge in [-0.3, -0.25) is 4.79 Å². The van der Waals surface area contributed by atoms with Gasteiger partial charge in [0, 0.05) is 18.2 Å². The van der Waals surface area contributed by atoms with Crippen molar-refractivity contribution in [1.29, 1.82) is 0 Å². The Kier molecular flexibility index (Phi) is 5.15. The summed E-state index contributed by atoms with van der Waals surface area (Å²) in [4.78, 5) is 11.4. The van der Waals surface area contributed by atoms with Gasteiger partial charge in [0.25, 0.3) is 0 Å². The van der Waals surface area contributed by atoms with E-state index in [0.717, 1.165) is 6.42 Å². The van der Waals surface area contributed by atoms with Crippen LogP contribution in [0.5, 0.6) is 0 Å². The van der Waals surface area contributed by atoms with E-state index in [0.29, 0.717) is 12.1 Å². The van der Waals surface area contributed by atoms with Gasteiger partial charge in [-0.05, 0) is 13.3 Å². The first-order valence-electron chi connectivity index (χ1n) is 5.61. The Labute approximate surface area is 103 Å². The Morgan fingerprint density at radius 1 is 1.22 bits per heavy atom. The topological polar surface area (TPSA) is 41.1 Å². The van der Waals surface area contributed by atoms with Gasteiger partial charge in [-0.15, -0.1) is 0 Å². The molecule has 1 aromatic carbocycles. The van der Waals surface area contributed by atoms with Crippen molar-refractivity contribution in [3.05, 3.63) is 29.6 Å². The van der Waals surface area contributed by atoms with Gasteiger partial charge in [0.2, 0.25) is 5.91 Å². The predicted octanol–water partition coefficient (Wildman–Crippen LogP) is 2.43. The van der Waals surface area contributed by atoms with Gasteiger partial charge in [-0.2, -0.15) is 0 Å². The molecule has 100 valence electrons. The summed E-state index contributed by atoms with van der Waals surface area (Å²) in [5.74, 6) is -4.02. The fourth-order valence-electron chi connectivity index (χ4n) is 1.22. The van der Waals surface area contributed by atoms with E-state index >= 15 is 0 Å². The number of amides is 1. The molecule has 2 N–H and O–H groups in total. The molecule has 0 spiro atoms. The normalized spacial score (nSPS) is 12.3. The highest BCUT2D eigenvalue weighted by Crippen LogP contribution is 2.18. The van der Waals surface area contributed by atoms with Crippen LogP contribution in [-0.2, 0) is 4.79 Å². The highest BCUT2D eigenvalue weighted by molar-refractivity contribution is 5.92. The highest BCUT2D eigenvalue weighted by atomic mass is 19.2. The minimum absolute atomic E-state index is 0.0204. The van der Waals surface area contributed by atoms with E-state index < -0.39 is 23.4 Å². The Balaban J connectivity index is 2.62. The van der Waals surface area contributed by atoms with Gasteiger partial charge in [-0.1, -0.05) is 6.92 Å². The summed E-state index contributed by atoms with van der Waals surface area (Å²) < 4.78 is 38.7. The van der Waals surface area contributed by atoms with Crippen LogP contribution < -0.4 is 10.6 Å². The van der Waals surface area contributed by atoms with Crippen molar-refractivity contribution in [1.82, 2.24) is 5.32 Å². The van der Waals surface area contributed by atoms with Crippen LogP contribution in [0.1, 0.15) is 20.3 Å². The van der Waals surface area contributed by atoms with Crippen molar-refractivity contribution >= 4 is 11.6 Å². The van der Waals surface area contributed by atoms with Crippen LogP contribution in [0.15, 0.2) is 12.1 Å². The molecule has 1 atom stereocenters. The molecule has 1 rings (SSSR count). The van der Waals surface area contributed by atoms with E-state index in [1.54, 1.807) is 0 Å². The third kappa shape index (κ3) is 4.03. The number of carbonyl (C=O) groups excluding carboxylic acids is 1. The molecule has 1 amide bonds. The minimum atomic E-state index is -1.29. The first kappa shape index (κ1) is 14.5. The first-order chi connectivity index (χ1) is 8.43. The molecule has 0 bridgehead atoms. The molecule has 0 aliphatic rings. The van der Waals surface area contributed by atoms with E-state index in [1.165, 1.54) is 0 Å². The summed E-state index contributed by atoms with van der Waals surface area (Å²) in [5, 5.41) is 5.07. The van der Waals surface area contributed by atoms with Crippen molar-refractivity contribution in [2.45, 2.75) is 26.3 Å². The maximum atomic E-state index is 13.2. The Bertz CT molecular complexity index is 438. The van der Waals surface area contributed by atoms with Crippen molar-refractivity contribution in [3.8, 4) is 0 Å². The molecule has 1 unspecified atom stereocenters. The Hall–Kier alpha value is -1.56. The zero-order valence-electron chi connectivity index (χ0n) is 10.2. The molecular formula is C12H15F3N2O. The minimum Gasteiger partial charge on any atom is -0.322 e. The second-order valence-corrected chi connectivity index (χ2v) is 3.98. The fourth-order valence-corrected chi connectivity index (χ4v) is 1.22. The lowest BCUT2D eigenvalue weighted by atomic mass is 10.2. The van der Waals surface area contributed by atoms with Crippen molar-refractivity contribution in [2.24, 2.45) is 0 Å². The first-order valence-corrected chi connectivity index (χ1v) is 5.61. The van der Waals surface area contributed by atoms with Crippen LogP contribution in [0.25, 0.3) is 0 Å². The third-order valence-electron chi connectivity index (χ3n) is 2.51. The molecule has 3 nitrogen and oxygen atoms in total. The summed E-state index contributed by atoms with van der Waals surface area (Å²) >= 11 is 0. The van der Waals surface area contributed by atoms with E-state index in [1.807, 2.05) is 13.8 Å². The van der Waals surface area contributed by atoms with Gasteiger partial charge < -0.3 is 10.6 Å². The average Bonchev–Trinajstić information content (AvgIpc) is 2.33. The number of hydrogen-bond donors (Lipinski definition) is 2. The number of rotatable bonds is 5. The van der Waals surface area contributed by atoms with E-state index in [-0.39, 0.29) is 18.3 Å². The summed E-state index contributed by atoms with van der Waals surface area (Å²) in [7, 11) is 0. The number of carbonyl (C=O) groups is 1. The third-order valence-corrected chi connectivity index (χ3v) is 2.51. The second kappa shape index (κ2) is 6.39. The van der Waals surface area contributed by atoms with Crippen LogP contribution in [0, 0.1) is 17.5 Å². The quantitative estimate of drug-likeness (QED) is 0.798. The lowest BCUT2D eigenvalue weighted by Crippen LogP contribution is -2.34. The van der Waals surface area contributed by atoms with E-state index in [2.05, 4.69) is 10.6 Å². The molecule has 0 aliphatic heterocycles. The largest absolute Gasteiger partial charge is 0.322 e. The summed E-state index contributed by atoms with van der Waals surface area (Å²) in [6, 6.07) is 1.16. The van der Waals surface area contributed by atoms with Gasteiger partial charge in [0.1, 0.15) is 5.82 Å². The molecule has 0 fully saturated rings. The molecular weight excluding hydrogens is 245 g/mol. The number of halogens is 3. The van der Waals surface area contributed by atoms with Crippen LogP contribution in [0.4, 0.5) is 18.9 Å². The van der Waals surface area contributed by atoms with Gasteiger partial charge in [0.15, 0.2) is 11.6 Å². The lowest BCUT2D eigenvalue weighted by Gasteiger charge is -2.11. The van der Waals surface area contributed by atoms with Crippen molar-refractivity contribution in [3.63, 3.8) is 0 Å². The molecule has 0 saturated heterocycles. The van der Waals surface area contributed by atoms with Crippen molar-refractivity contribution in [2.75, 3.05) is 11.9 Å². The molecule has 18 heavy (non-hydrogen) atoms. The average molecular weight is 260 g/mol. The highest BCUT2D eigenvalue weighted by Gasteiger charge is 2.12. The Morgan fingerprint density at radius 3 is 2.44 bits per heavy atom. The molecule has 0 aromatic heterocycles. The standard InChI is InChI=1S/C12H15F3N2O/c1-3-7(2)16-6-12(18)17-11-5-9(14)8(13)4-10(11)15/h4-5,7,16H,3,6H2,1-2H3,(H,17,18). The molecule has 0 radical (unpaired) electrons. The Morgan fingerprint density at radius 2 is 1.83 bits per heavy atom. The van der Waals surface area contributed by atoms with Gasteiger partial charge in [-0.25, -0.2) is 13.2 Å². The van der Waals surface area contributed by atoms with Crippen LogP contribution in [0.3, 0.4) is 0 Å². The van der Waals surface area contributed by atoms with Crippen LogP contribution in [-0.4, -0.2) is 18.5 Å². The number of hydrogen-bond acceptors (Lipinski definition) is 2. The monoisotopic (exact) mass is 260 g/mol. The fraction of sp³-hybridized carbons (Fsp3) is 0.417. The second-order valence-electron chi connectivity index (χ2n) is 3.98. The molecule has 6 heteroatoms. The molecule has 0 heterocycles. The zero-order chi connectivity index (χ0) is 13.7. The lowest BCUT2D eigenvalue weighted by molar-refractivity contribution is -0.115. The van der Waals surface area contributed by atoms with E-state index in [4.69, 9.17) is 0 Å². The molecule has 0 aliphatic carbocycles. The number of benzene rings is 1. The van der Waals surface area contributed by atoms with Crippen LogP contribution in [0.2, 0.25) is 0 Å². The SMILES string of the molecule is CCC(C)NCC(=O)Nc1cc(F)c(F)cc1F. The molecule has 1 aromatic rings.